The monoisotopic (exact) mass is 414 g/mol. The summed E-state index contributed by atoms with van der Waals surface area (Å²) in [5.41, 5.74) is 6.52. The zero-order valence-corrected chi connectivity index (χ0v) is 16.8. The molecule has 2 aromatic heterocycles. The van der Waals surface area contributed by atoms with E-state index in [0.29, 0.717) is 31.6 Å². The summed E-state index contributed by atoms with van der Waals surface area (Å²) >= 11 is 0. The number of aryl methyl sites for hydroxylation is 1. The van der Waals surface area contributed by atoms with Crippen molar-refractivity contribution < 1.29 is 9.63 Å². The molecule has 11 nitrogen and oxygen atoms in total. The van der Waals surface area contributed by atoms with Gasteiger partial charge in [0, 0.05) is 36.7 Å². The first kappa shape index (κ1) is 21.2. The van der Waals surface area contributed by atoms with Gasteiger partial charge in [0.15, 0.2) is 5.82 Å². The van der Waals surface area contributed by atoms with E-state index < -0.39 is 0 Å². The minimum Gasteiger partial charge on any atom is -0.368 e. The topological polar surface area (TPSA) is 151 Å². The second-order valence-electron chi connectivity index (χ2n) is 6.97. The highest BCUT2D eigenvalue weighted by Gasteiger charge is 2.23. The van der Waals surface area contributed by atoms with Crippen LogP contribution in [0.2, 0.25) is 0 Å². The Labute approximate surface area is 173 Å². The van der Waals surface area contributed by atoms with Gasteiger partial charge < -0.3 is 16.4 Å². The number of rotatable bonds is 7. The molecule has 0 radical (unpaired) electrons. The van der Waals surface area contributed by atoms with Crippen molar-refractivity contribution in [2.24, 2.45) is 5.73 Å². The third-order valence-corrected chi connectivity index (χ3v) is 4.70. The summed E-state index contributed by atoms with van der Waals surface area (Å²) in [6.45, 7) is 2.75. The number of pyridine rings is 1. The molecule has 160 valence electrons. The summed E-state index contributed by atoms with van der Waals surface area (Å²) in [5, 5.41) is 14.5. The molecule has 0 aromatic carbocycles. The van der Waals surface area contributed by atoms with Gasteiger partial charge in [-0.2, -0.15) is 0 Å². The van der Waals surface area contributed by atoms with E-state index in [1.807, 2.05) is 18.2 Å². The second kappa shape index (κ2) is 9.83. The lowest BCUT2D eigenvalue weighted by molar-refractivity contribution is -0.143. The van der Waals surface area contributed by atoms with Crippen LogP contribution in [0.3, 0.4) is 0 Å². The van der Waals surface area contributed by atoms with Crippen molar-refractivity contribution in [3.8, 4) is 0 Å². The van der Waals surface area contributed by atoms with Crippen LogP contribution in [0.4, 0.5) is 5.82 Å². The molecule has 1 aliphatic heterocycles. The van der Waals surface area contributed by atoms with Crippen molar-refractivity contribution in [1.29, 1.82) is 5.41 Å². The fourth-order valence-corrected chi connectivity index (χ4v) is 3.07. The Hall–Kier alpha value is -3.47. The molecule has 3 heterocycles. The molecule has 5 N–H and O–H groups in total. The normalized spacial score (nSPS) is 16.2. The second-order valence-corrected chi connectivity index (χ2v) is 6.97. The first-order valence-corrected chi connectivity index (χ1v) is 9.68. The molecule has 3 rings (SSSR count). The third kappa shape index (κ3) is 5.54. The summed E-state index contributed by atoms with van der Waals surface area (Å²) in [6, 6.07) is 5.47. The van der Waals surface area contributed by atoms with E-state index in [1.54, 1.807) is 19.3 Å². The highest BCUT2D eigenvalue weighted by Crippen LogP contribution is 2.07. The standard InChI is InChI=1S/C19H26N8O3/c1-13-10-24-17(23-8-5-14-4-2-3-7-22-14)18(29)26(13)11-16(28)25-15-6-9-27(19(20)21)30-12-15/h2-4,7,10,15H,5-6,8-9,11-12H2,1H3,(H3,20,21)(H,23,24)(H,25,28). The van der Waals surface area contributed by atoms with Crippen LogP contribution in [0.15, 0.2) is 35.4 Å². The fourth-order valence-electron chi connectivity index (χ4n) is 3.07. The van der Waals surface area contributed by atoms with Crippen LogP contribution < -0.4 is 21.9 Å². The maximum Gasteiger partial charge on any atom is 0.293 e. The molecule has 1 amide bonds. The Morgan fingerprint density at radius 3 is 2.90 bits per heavy atom. The molecule has 1 unspecified atom stereocenters. The molecule has 0 bridgehead atoms. The number of carbonyl (C=O) groups is 1. The fraction of sp³-hybridized carbons (Fsp3) is 0.421. The van der Waals surface area contributed by atoms with Crippen LogP contribution in [0.25, 0.3) is 0 Å². The van der Waals surface area contributed by atoms with Gasteiger partial charge in [0.1, 0.15) is 6.54 Å². The highest BCUT2D eigenvalue weighted by atomic mass is 16.7. The molecule has 1 atom stereocenters. The number of nitrogens with one attached hydrogen (secondary N) is 3. The molecule has 1 fully saturated rings. The van der Waals surface area contributed by atoms with Crippen molar-refractivity contribution in [3.63, 3.8) is 0 Å². The molecule has 0 aliphatic carbocycles. The largest absolute Gasteiger partial charge is 0.368 e. The van der Waals surface area contributed by atoms with E-state index in [9.17, 15) is 9.59 Å². The third-order valence-electron chi connectivity index (χ3n) is 4.70. The van der Waals surface area contributed by atoms with Gasteiger partial charge in [-0.25, -0.2) is 10.0 Å². The quantitative estimate of drug-likeness (QED) is 0.353. The number of guanidine groups is 1. The van der Waals surface area contributed by atoms with Crippen molar-refractivity contribution >= 4 is 17.7 Å². The van der Waals surface area contributed by atoms with E-state index >= 15 is 0 Å². The van der Waals surface area contributed by atoms with Crippen LogP contribution in [-0.4, -0.2) is 57.2 Å². The molecule has 0 saturated carbocycles. The van der Waals surface area contributed by atoms with Crippen LogP contribution in [-0.2, 0) is 22.6 Å². The summed E-state index contributed by atoms with van der Waals surface area (Å²) in [5.74, 6) is -0.264. The van der Waals surface area contributed by atoms with Crippen LogP contribution in [0.5, 0.6) is 0 Å². The van der Waals surface area contributed by atoms with Crippen LogP contribution in [0, 0.1) is 12.3 Å². The Morgan fingerprint density at radius 2 is 2.23 bits per heavy atom. The molecule has 1 aliphatic rings. The minimum atomic E-state index is -0.353. The average Bonchev–Trinajstić information content (AvgIpc) is 2.74. The van der Waals surface area contributed by atoms with Crippen molar-refractivity contribution in [2.45, 2.75) is 32.4 Å². The van der Waals surface area contributed by atoms with Crippen LogP contribution >= 0.6 is 0 Å². The molecule has 1 saturated heterocycles. The maximum absolute atomic E-state index is 12.8. The molecule has 2 aromatic rings. The number of carbonyl (C=O) groups excluding carboxylic acids is 1. The van der Waals surface area contributed by atoms with Crippen molar-refractivity contribution in [3.05, 3.63) is 52.3 Å². The number of hydrogen-bond donors (Lipinski definition) is 4. The molecule has 30 heavy (non-hydrogen) atoms. The van der Waals surface area contributed by atoms with Gasteiger partial charge in [0.25, 0.3) is 5.56 Å². The number of anilines is 1. The number of hydrogen-bond acceptors (Lipinski definition) is 7. The Morgan fingerprint density at radius 1 is 1.40 bits per heavy atom. The maximum atomic E-state index is 12.8. The minimum absolute atomic E-state index is 0.116. The molecular formula is C19H26N8O3. The van der Waals surface area contributed by atoms with Gasteiger partial charge in [-0.05, 0) is 25.5 Å². The van der Waals surface area contributed by atoms with Gasteiger partial charge in [-0.1, -0.05) is 6.07 Å². The van der Waals surface area contributed by atoms with E-state index in [2.05, 4.69) is 20.6 Å². The van der Waals surface area contributed by atoms with Gasteiger partial charge in [0.2, 0.25) is 11.9 Å². The van der Waals surface area contributed by atoms with Gasteiger partial charge in [0.05, 0.1) is 19.2 Å². The molecular weight excluding hydrogens is 388 g/mol. The number of nitrogens with two attached hydrogens (primary N) is 1. The van der Waals surface area contributed by atoms with E-state index in [0.717, 1.165) is 5.69 Å². The van der Waals surface area contributed by atoms with Crippen LogP contribution in [0.1, 0.15) is 17.8 Å². The smallest absolute Gasteiger partial charge is 0.293 e. The summed E-state index contributed by atoms with van der Waals surface area (Å²) in [7, 11) is 0. The SMILES string of the molecule is Cc1cnc(NCCc2ccccn2)c(=O)n1CC(=O)NC1CCN(C(=N)N)OC1. The van der Waals surface area contributed by atoms with E-state index in [4.69, 9.17) is 16.0 Å². The van der Waals surface area contributed by atoms with Crippen molar-refractivity contribution in [1.82, 2.24) is 24.9 Å². The summed E-state index contributed by atoms with van der Waals surface area (Å²) in [4.78, 5) is 38.9. The lowest BCUT2D eigenvalue weighted by atomic mass is 10.2. The number of aromatic nitrogens is 3. The number of amides is 1. The van der Waals surface area contributed by atoms with Crippen molar-refractivity contribution in [2.75, 3.05) is 25.0 Å². The molecule has 0 spiro atoms. The number of nitrogens with zero attached hydrogens (tertiary/aromatic N) is 4. The lowest BCUT2D eigenvalue weighted by Crippen LogP contribution is -2.50. The predicted molar refractivity (Wildman–Crippen MR) is 111 cm³/mol. The zero-order valence-electron chi connectivity index (χ0n) is 16.8. The van der Waals surface area contributed by atoms with Gasteiger partial charge in [-0.3, -0.25) is 29.4 Å². The Balaban J connectivity index is 1.56. The van der Waals surface area contributed by atoms with E-state index in [-0.39, 0.29) is 42.4 Å². The zero-order chi connectivity index (χ0) is 21.5. The van der Waals surface area contributed by atoms with Gasteiger partial charge >= 0.3 is 0 Å². The summed E-state index contributed by atoms with van der Waals surface area (Å²) < 4.78 is 1.39. The predicted octanol–water partition coefficient (Wildman–Crippen LogP) is -0.383. The number of hydroxylamine groups is 2. The first-order chi connectivity index (χ1) is 14.4. The van der Waals surface area contributed by atoms with E-state index in [1.165, 1.54) is 9.63 Å². The summed E-state index contributed by atoms with van der Waals surface area (Å²) in [6.07, 6.45) is 4.53. The lowest BCUT2D eigenvalue weighted by Gasteiger charge is -2.31. The highest BCUT2D eigenvalue weighted by molar-refractivity contribution is 5.76. The Kier molecular flexibility index (Phi) is 6.96. The molecule has 11 heteroatoms. The first-order valence-electron chi connectivity index (χ1n) is 9.68. The average molecular weight is 414 g/mol. The Bertz CT molecular complexity index is 939. The van der Waals surface area contributed by atoms with Gasteiger partial charge in [-0.15, -0.1) is 0 Å².